The Hall–Kier alpha value is -9.68. The average Bonchev–Trinajstić information content (AvgIpc) is 1.70. The van der Waals surface area contributed by atoms with Gasteiger partial charge >= 0.3 is 5.97 Å². The number of carbonyl (C=O) groups is 13. The number of ether oxygens (including phenoxy) is 4. The van der Waals surface area contributed by atoms with E-state index >= 15 is 4.79 Å². The minimum Gasteiger partial charge on any atom is -0.481 e. The first kappa shape index (κ1) is 98.1. The molecule has 11 amide bonds. The van der Waals surface area contributed by atoms with Crippen LogP contribution in [0.1, 0.15) is 204 Å². The molecule has 0 bridgehead atoms. The minimum atomic E-state index is -1.49. The predicted octanol–water partition coefficient (Wildman–Crippen LogP) is 2.29. The number of fused-ring (bicyclic) bond motifs is 2. The zero-order valence-corrected chi connectivity index (χ0v) is 69.4. The summed E-state index contributed by atoms with van der Waals surface area (Å²) in [4.78, 5) is 189. The number of aliphatic hydroxyl groups is 1. The number of unbranched alkanes of at least 4 members (excludes halogenated alkanes) is 12. The van der Waals surface area contributed by atoms with Crippen molar-refractivity contribution in [2.45, 2.75) is 260 Å². The third-order valence-electron chi connectivity index (χ3n) is 21.2. The van der Waals surface area contributed by atoms with Crippen LogP contribution >= 0.6 is 0 Å². The van der Waals surface area contributed by atoms with E-state index in [1.165, 1.54) is 30.6 Å². The van der Waals surface area contributed by atoms with Crippen LogP contribution in [0.15, 0.2) is 65.8 Å². The van der Waals surface area contributed by atoms with Gasteiger partial charge in [0.25, 0.3) is 0 Å². The molecule has 662 valence electrons. The van der Waals surface area contributed by atoms with Crippen molar-refractivity contribution in [3.8, 4) is 0 Å². The number of primary amides is 1. The van der Waals surface area contributed by atoms with Gasteiger partial charge in [0.2, 0.25) is 65.0 Å². The van der Waals surface area contributed by atoms with E-state index in [1.54, 1.807) is 36.5 Å². The van der Waals surface area contributed by atoms with Gasteiger partial charge in [0.05, 0.1) is 45.7 Å². The van der Waals surface area contributed by atoms with Crippen molar-refractivity contribution in [3.05, 3.63) is 71.9 Å². The summed E-state index contributed by atoms with van der Waals surface area (Å²) in [5, 5.41) is 46.5. The van der Waals surface area contributed by atoms with Gasteiger partial charge < -0.3 is 109 Å². The van der Waals surface area contributed by atoms with E-state index < -0.39 is 120 Å². The monoisotopic (exact) mass is 1670 g/mol. The Bertz CT molecular complexity index is 3680. The maximum atomic E-state index is 15.2. The minimum absolute atomic E-state index is 0.0118. The number of H-pyrrole nitrogens is 1. The summed E-state index contributed by atoms with van der Waals surface area (Å²) in [6.07, 6.45) is 16.6. The number of ketones is 1. The average molecular weight is 1670 g/mol. The number of carboxylic acids is 1. The first-order valence-corrected chi connectivity index (χ1v) is 42.8. The summed E-state index contributed by atoms with van der Waals surface area (Å²) >= 11 is 0. The second-order valence-corrected chi connectivity index (χ2v) is 30.8. The Labute approximate surface area is 697 Å². The summed E-state index contributed by atoms with van der Waals surface area (Å²) in [5.74, 6) is -8.35. The molecule has 3 fully saturated rings. The molecule has 3 aromatic rings. The number of guanidine groups is 1. The van der Waals surface area contributed by atoms with Gasteiger partial charge in [-0.15, -0.1) is 0 Å². The maximum Gasteiger partial charge on any atom is 0.303 e. The molecular weight excluding hydrogens is 1540 g/mol. The van der Waals surface area contributed by atoms with Gasteiger partial charge in [0, 0.05) is 94.8 Å². The van der Waals surface area contributed by atoms with Gasteiger partial charge in [0.15, 0.2) is 5.96 Å². The molecule has 35 nitrogen and oxygen atoms in total. The van der Waals surface area contributed by atoms with Crippen LogP contribution in [0.3, 0.4) is 0 Å². The summed E-state index contributed by atoms with van der Waals surface area (Å²) in [7, 11) is 0. The lowest BCUT2D eigenvalue weighted by Crippen LogP contribution is -2.60. The van der Waals surface area contributed by atoms with Crippen LogP contribution in [-0.4, -0.2) is 261 Å². The summed E-state index contributed by atoms with van der Waals surface area (Å²) in [6.45, 7) is 3.59. The van der Waals surface area contributed by atoms with Crippen molar-refractivity contribution in [2.75, 3.05) is 98.7 Å². The number of Topliss-reactive ketones (excluding diaryl/α,β-unsaturated/α-hetero) is 1. The van der Waals surface area contributed by atoms with Crippen molar-refractivity contribution < 1.29 is 91.5 Å². The molecule has 3 aliphatic heterocycles. The fraction of sp³-hybridized carbons (Fsp3) is 0.667. The summed E-state index contributed by atoms with van der Waals surface area (Å²) < 4.78 is 22.2. The standard InChI is InChI=1S/C84H132N16O19/c1-2-3-30-65(95-81(113)70-34-25-44-99(70)74(105)57-119-50-48-117-46-43-90-73(104)56-118-49-47-116-45-42-89-72(103)35-17-12-10-8-6-4-5-7-9-11-13-18-36-75(106)107)77(109)96-67-38-37-60(101)28-23-40-88-39-22-21-32-64(76(85)108)93-80(112)69(52-59-54-92-63-31-20-19-29-62(59)63)97-78(110)66(33-24-41-91-84(86)87)94-79(111)68(51-58-26-15-14-16-27-58)98-82(114)71-53-61(102)55-100(71)83(67)115/h14-16,19-20,26-27,29,31,54,61,64-71,88,92,102H,2-13,17-18,21-25,28,30,32-53,55-57H2,1H3,(H2,85,108)(H,89,103)(H,90,104)(H,93,112)(H,94,111)(H,95,113)(H,96,109)(H,97,110)(H,98,114)(H,106,107)(H4,86,87,91)/t61-,64+,65+,66+,67+,68-,69+,70+,71+/m1/s1. The number of aliphatic carboxylic acids is 1. The number of rotatable bonds is 47. The van der Waals surface area contributed by atoms with Crippen LogP contribution in [0.25, 0.3) is 10.9 Å². The molecule has 6 rings (SSSR count). The first-order chi connectivity index (χ1) is 57.5. The molecule has 0 aliphatic carbocycles. The highest BCUT2D eigenvalue weighted by molar-refractivity contribution is 5.99. The molecule has 0 unspecified atom stereocenters. The van der Waals surface area contributed by atoms with Crippen LogP contribution in [0.5, 0.6) is 0 Å². The molecule has 18 N–H and O–H groups in total. The number of carboxylic acid groups (broad SMARTS) is 1. The lowest BCUT2D eigenvalue weighted by Gasteiger charge is -2.31. The van der Waals surface area contributed by atoms with E-state index in [0.29, 0.717) is 82.3 Å². The van der Waals surface area contributed by atoms with Crippen molar-refractivity contribution >= 4 is 93.6 Å². The molecule has 0 saturated carbocycles. The molecule has 4 heterocycles. The molecule has 3 saturated heterocycles. The van der Waals surface area contributed by atoms with E-state index in [2.05, 4.69) is 57.8 Å². The largest absolute Gasteiger partial charge is 0.481 e. The van der Waals surface area contributed by atoms with Crippen LogP contribution in [0.4, 0.5) is 0 Å². The molecule has 1 aromatic heterocycles. The van der Waals surface area contributed by atoms with Crippen LogP contribution in [-0.2, 0) is 94.1 Å². The second-order valence-electron chi connectivity index (χ2n) is 30.8. The first-order valence-electron chi connectivity index (χ1n) is 42.8. The number of benzene rings is 2. The lowest BCUT2D eigenvalue weighted by atomic mass is 10.0. The smallest absolute Gasteiger partial charge is 0.303 e. The van der Waals surface area contributed by atoms with Gasteiger partial charge in [-0.2, -0.15) is 0 Å². The fourth-order valence-electron chi connectivity index (χ4n) is 14.7. The second kappa shape index (κ2) is 56.7. The van der Waals surface area contributed by atoms with E-state index in [0.717, 1.165) is 67.2 Å². The number of likely N-dealkylation sites (tertiary alicyclic amines) is 1. The van der Waals surface area contributed by atoms with Crippen LogP contribution in [0.2, 0.25) is 0 Å². The molecule has 3 aliphatic rings. The normalized spacial score (nSPS) is 20.6. The number of aliphatic imine (C=N–C) groups is 1. The number of amides is 11. The highest BCUT2D eigenvalue weighted by Gasteiger charge is 2.44. The number of carbonyl (C=O) groups excluding carboxylic acids is 12. The number of aliphatic hydroxyl groups excluding tert-OH is 1. The molecule has 2 aromatic carbocycles. The SMILES string of the molecule is CCCC[C@H](NC(=O)[C@@H]1CCCN1C(=O)COCCOCCNC(=O)COCCOCCNC(=O)CCCCCCCCCCCCCCC(=O)O)C(=O)N[C@H]1CCC(=O)CCCNCCCC[C@@H](C(N)=O)NC(=O)[C@H](Cc2c[nH]c3ccccc23)NC(=O)[C@H](CCCN=C(N)N)NC(=O)[C@@H](Cc2ccccc2)NC(=O)[C@@H]2C[C@@H](O)CN2C1=O. The number of nitrogens with two attached hydrogens (primary N) is 3. The molecule has 119 heavy (non-hydrogen) atoms. The van der Waals surface area contributed by atoms with Gasteiger partial charge in [-0.05, 0) is 107 Å². The fourth-order valence-corrected chi connectivity index (χ4v) is 14.7. The number of aromatic amines is 1. The molecule has 9 atom stereocenters. The zero-order valence-electron chi connectivity index (χ0n) is 69.4. The number of nitrogens with zero attached hydrogens (tertiary/aromatic N) is 3. The highest BCUT2D eigenvalue weighted by atomic mass is 16.5. The van der Waals surface area contributed by atoms with Gasteiger partial charge in [0.1, 0.15) is 67.3 Å². The number of aromatic nitrogens is 1. The lowest BCUT2D eigenvalue weighted by molar-refractivity contribution is -0.144. The molecule has 35 heteroatoms. The third kappa shape index (κ3) is 38.5. The zero-order chi connectivity index (χ0) is 85.9. The molecular formula is C84H132N16O19. The molecule has 0 spiro atoms. The van der Waals surface area contributed by atoms with Gasteiger partial charge in [-0.25, -0.2) is 0 Å². The number of nitrogens with one attached hydrogen (secondary N) is 10. The van der Waals surface area contributed by atoms with E-state index in [1.807, 2.05) is 31.2 Å². The number of hydrogen-bond acceptors (Lipinski definition) is 20. The van der Waals surface area contributed by atoms with E-state index in [-0.39, 0.29) is 166 Å². The van der Waals surface area contributed by atoms with Gasteiger partial charge in [-0.3, -0.25) is 67.3 Å². The van der Waals surface area contributed by atoms with Crippen molar-refractivity contribution in [1.29, 1.82) is 0 Å². The van der Waals surface area contributed by atoms with Crippen LogP contribution in [0, 0.1) is 0 Å². The van der Waals surface area contributed by atoms with Gasteiger partial charge in [-0.1, -0.05) is 133 Å². The van der Waals surface area contributed by atoms with Crippen molar-refractivity contribution in [1.82, 2.24) is 62.6 Å². The van der Waals surface area contributed by atoms with E-state index in [4.69, 9.17) is 41.3 Å². The van der Waals surface area contributed by atoms with Crippen molar-refractivity contribution in [3.63, 3.8) is 0 Å². The molecule has 0 radical (unpaired) electrons. The van der Waals surface area contributed by atoms with Crippen molar-refractivity contribution in [2.24, 2.45) is 22.2 Å². The Morgan fingerprint density at radius 2 is 1.22 bits per heavy atom. The quantitative estimate of drug-likeness (QED) is 0.0219. The topological polar surface area (TPSA) is 520 Å². The number of para-hydroxylation sites is 1. The predicted molar refractivity (Wildman–Crippen MR) is 445 cm³/mol. The summed E-state index contributed by atoms with van der Waals surface area (Å²) in [5.41, 5.74) is 19.2. The Kier molecular flexibility index (Phi) is 46.8. The Balaban J connectivity index is 1.01. The Morgan fingerprint density at radius 3 is 1.90 bits per heavy atom. The third-order valence-corrected chi connectivity index (χ3v) is 21.2. The van der Waals surface area contributed by atoms with E-state index in [9.17, 15) is 62.6 Å². The summed E-state index contributed by atoms with van der Waals surface area (Å²) in [6, 6.07) is 5.47. The maximum absolute atomic E-state index is 15.2. The Morgan fingerprint density at radius 1 is 0.613 bits per heavy atom. The van der Waals surface area contributed by atoms with Crippen LogP contribution < -0.4 is 65.1 Å². The highest BCUT2D eigenvalue weighted by Crippen LogP contribution is 2.25. The number of hydrogen-bond donors (Lipinski definition) is 15.